The maximum atomic E-state index is 12.3. The minimum Gasteiger partial charge on any atom is -0.345 e. The second-order valence-corrected chi connectivity index (χ2v) is 6.26. The molecule has 0 aromatic heterocycles. The first-order valence-corrected chi connectivity index (χ1v) is 8.74. The van der Waals surface area contributed by atoms with Crippen molar-refractivity contribution in [3.05, 3.63) is 71.3 Å². The van der Waals surface area contributed by atoms with Crippen LogP contribution >= 0.6 is 0 Å². The Balaban J connectivity index is 1.91. The topological polar surface area (TPSA) is 49.4 Å². The van der Waals surface area contributed by atoms with E-state index in [2.05, 4.69) is 24.2 Å². The van der Waals surface area contributed by atoms with Gasteiger partial charge in [0.15, 0.2) is 5.78 Å². The van der Waals surface area contributed by atoms with Crippen molar-refractivity contribution in [2.45, 2.75) is 26.3 Å². The van der Waals surface area contributed by atoms with Crippen LogP contribution < -0.4 is 5.32 Å². The zero-order chi connectivity index (χ0) is 18.1. The Morgan fingerprint density at radius 2 is 1.72 bits per heavy atom. The summed E-state index contributed by atoms with van der Waals surface area (Å²) in [7, 11) is 2.08. The van der Waals surface area contributed by atoms with Crippen LogP contribution in [0.15, 0.2) is 54.6 Å². The summed E-state index contributed by atoms with van der Waals surface area (Å²) in [5, 5.41) is 2.71. The van der Waals surface area contributed by atoms with E-state index >= 15 is 0 Å². The molecule has 0 radical (unpaired) electrons. The lowest BCUT2D eigenvalue weighted by Crippen LogP contribution is -2.29. The molecule has 4 heteroatoms. The number of Topliss-reactive ketones (excluding diaryl/α,β-unsaturated/α-hetero) is 1. The van der Waals surface area contributed by atoms with Crippen molar-refractivity contribution in [3.63, 3.8) is 0 Å². The Morgan fingerprint density at radius 1 is 1.00 bits per heavy atom. The van der Waals surface area contributed by atoms with Gasteiger partial charge in [-0.05, 0) is 37.7 Å². The third kappa shape index (κ3) is 6.16. The highest BCUT2D eigenvalue weighted by atomic mass is 16.2. The number of carbonyl (C=O) groups excluding carboxylic acids is 2. The number of ketones is 1. The molecular formula is C21H26N2O2. The van der Waals surface area contributed by atoms with Crippen molar-refractivity contribution in [2.75, 3.05) is 20.1 Å². The summed E-state index contributed by atoms with van der Waals surface area (Å²) in [5.41, 5.74) is 2.29. The van der Waals surface area contributed by atoms with Crippen LogP contribution in [0.25, 0.3) is 0 Å². The summed E-state index contributed by atoms with van der Waals surface area (Å²) in [4.78, 5) is 26.6. The van der Waals surface area contributed by atoms with E-state index in [0.29, 0.717) is 11.1 Å². The molecule has 0 heterocycles. The Morgan fingerprint density at radius 3 is 2.44 bits per heavy atom. The number of amides is 1. The van der Waals surface area contributed by atoms with Crippen molar-refractivity contribution in [1.82, 2.24) is 10.2 Å². The normalized spacial score (nSPS) is 10.7. The molecule has 1 amide bonds. The van der Waals surface area contributed by atoms with Crippen LogP contribution in [0.5, 0.6) is 0 Å². The summed E-state index contributed by atoms with van der Waals surface area (Å²) in [6.07, 6.45) is 2.33. The number of nitrogens with one attached hydrogen (secondary N) is 1. The molecule has 1 N–H and O–H groups in total. The van der Waals surface area contributed by atoms with Gasteiger partial charge in [0.2, 0.25) is 0 Å². The predicted molar refractivity (Wildman–Crippen MR) is 101 cm³/mol. The van der Waals surface area contributed by atoms with Crippen molar-refractivity contribution in [2.24, 2.45) is 0 Å². The third-order valence-electron chi connectivity index (χ3n) is 4.04. The molecule has 0 aliphatic rings. The van der Waals surface area contributed by atoms with Crippen LogP contribution in [0.2, 0.25) is 0 Å². The number of carbonyl (C=O) groups is 2. The lowest BCUT2D eigenvalue weighted by molar-refractivity contribution is 0.0904. The summed E-state index contributed by atoms with van der Waals surface area (Å²) in [5.74, 6) is -0.313. The highest BCUT2D eigenvalue weighted by Gasteiger charge is 2.10. The Hall–Kier alpha value is -2.46. The molecule has 0 aliphatic heterocycles. The predicted octanol–water partition coefficient (Wildman–Crippen LogP) is 3.53. The molecule has 0 atom stereocenters. The molecule has 0 aliphatic carbocycles. The Bertz CT molecular complexity index is 698. The molecule has 2 aromatic carbocycles. The second kappa shape index (κ2) is 9.74. The minimum absolute atomic E-state index is 0.00345. The van der Waals surface area contributed by atoms with Gasteiger partial charge in [-0.1, -0.05) is 55.8 Å². The van der Waals surface area contributed by atoms with E-state index in [1.807, 2.05) is 36.4 Å². The first-order valence-electron chi connectivity index (χ1n) is 8.74. The average molecular weight is 338 g/mol. The fourth-order valence-corrected chi connectivity index (χ4v) is 2.62. The molecule has 4 nitrogen and oxygen atoms in total. The van der Waals surface area contributed by atoms with Crippen LogP contribution in [-0.2, 0) is 6.54 Å². The minimum atomic E-state index is -0.220. The molecule has 132 valence electrons. The quantitative estimate of drug-likeness (QED) is 0.712. The molecule has 0 bridgehead atoms. The van der Waals surface area contributed by atoms with Crippen LogP contribution in [0.1, 0.15) is 46.0 Å². The molecule has 0 fully saturated rings. The van der Waals surface area contributed by atoms with E-state index in [1.165, 1.54) is 6.42 Å². The first kappa shape index (κ1) is 18.9. The molecule has 25 heavy (non-hydrogen) atoms. The van der Waals surface area contributed by atoms with Crippen molar-refractivity contribution >= 4 is 11.7 Å². The molecule has 2 rings (SSSR count). The van der Waals surface area contributed by atoms with Crippen molar-refractivity contribution < 1.29 is 9.59 Å². The fraction of sp³-hybridized carbons (Fsp3) is 0.333. The van der Waals surface area contributed by atoms with E-state index in [-0.39, 0.29) is 18.2 Å². The van der Waals surface area contributed by atoms with Gasteiger partial charge >= 0.3 is 0 Å². The summed E-state index contributed by atoms with van der Waals surface area (Å²) >= 11 is 0. The van der Waals surface area contributed by atoms with Gasteiger partial charge in [0.1, 0.15) is 0 Å². The van der Waals surface area contributed by atoms with Gasteiger partial charge in [-0.15, -0.1) is 0 Å². The largest absolute Gasteiger partial charge is 0.345 e. The van der Waals surface area contributed by atoms with E-state index in [1.54, 1.807) is 18.2 Å². The number of unbranched alkanes of at least 4 members (excludes halogenated alkanes) is 1. The number of hydrogen-bond acceptors (Lipinski definition) is 3. The number of nitrogens with zero attached hydrogens (tertiary/aromatic N) is 1. The molecule has 0 saturated carbocycles. The van der Waals surface area contributed by atoms with Crippen LogP contribution in [0, 0.1) is 0 Å². The van der Waals surface area contributed by atoms with E-state index < -0.39 is 0 Å². The summed E-state index contributed by atoms with van der Waals surface area (Å²) in [6, 6.07) is 16.6. The monoisotopic (exact) mass is 338 g/mol. The van der Waals surface area contributed by atoms with Gasteiger partial charge in [0.05, 0.1) is 6.54 Å². The first-order chi connectivity index (χ1) is 12.1. The lowest BCUT2D eigenvalue weighted by Gasteiger charge is -2.16. The maximum absolute atomic E-state index is 12.3. The molecule has 0 unspecified atom stereocenters. The van der Waals surface area contributed by atoms with Gasteiger partial charge in [0, 0.05) is 17.7 Å². The Labute approximate surface area is 149 Å². The van der Waals surface area contributed by atoms with Gasteiger partial charge in [-0.2, -0.15) is 0 Å². The van der Waals surface area contributed by atoms with Gasteiger partial charge in [0.25, 0.3) is 5.91 Å². The van der Waals surface area contributed by atoms with Crippen LogP contribution in [-0.4, -0.2) is 36.7 Å². The molecule has 0 saturated heterocycles. The molecular weight excluding hydrogens is 312 g/mol. The third-order valence-corrected chi connectivity index (χ3v) is 4.04. The zero-order valence-corrected chi connectivity index (χ0v) is 15.0. The average Bonchev–Trinajstić information content (AvgIpc) is 2.65. The second-order valence-electron chi connectivity index (χ2n) is 6.26. The van der Waals surface area contributed by atoms with Crippen molar-refractivity contribution in [1.29, 1.82) is 0 Å². The smallest absolute Gasteiger partial charge is 0.251 e. The van der Waals surface area contributed by atoms with Gasteiger partial charge in [-0.25, -0.2) is 0 Å². The molecule has 0 spiro atoms. The fourth-order valence-electron chi connectivity index (χ4n) is 2.62. The van der Waals surface area contributed by atoms with E-state index in [0.717, 1.165) is 25.1 Å². The highest BCUT2D eigenvalue weighted by molar-refractivity contribution is 6.02. The van der Waals surface area contributed by atoms with Crippen LogP contribution in [0.4, 0.5) is 0 Å². The zero-order valence-electron chi connectivity index (χ0n) is 15.0. The van der Waals surface area contributed by atoms with E-state index in [4.69, 9.17) is 0 Å². The van der Waals surface area contributed by atoms with Crippen LogP contribution in [0.3, 0.4) is 0 Å². The van der Waals surface area contributed by atoms with Crippen molar-refractivity contribution in [3.8, 4) is 0 Å². The van der Waals surface area contributed by atoms with Gasteiger partial charge < -0.3 is 10.2 Å². The van der Waals surface area contributed by atoms with E-state index in [9.17, 15) is 9.59 Å². The number of benzene rings is 2. The SMILES string of the molecule is CCCCN(C)Cc1cccc(C(=O)NCC(=O)c2ccccc2)c1. The standard InChI is InChI=1S/C21H26N2O2/c1-3-4-13-23(2)16-17-9-8-12-19(14-17)21(25)22-15-20(24)18-10-6-5-7-11-18/h5-12,14H,3-4,13,15-16H2,1-2H3,(H,22,25). The number of hydrogen-bond donors (Lipinski definition) is 1. The lowest BCUT2D eigenvalue weighted by atomic mass is 10.1. The highest BCUT2D eigenvalue weighted by Crippen LogP contribution is 2.09. The number of rotatable bonds is 9. The summed E-state index contributed by atoms with van der Waals surface area (Å²) < 4.78 is 0. The maximum Gasteiger partial charge on any atom is 0.251 e. The molecule has 2 aromatic rings. The Kier molecular flexibility index (Phi) is 7.36. The summed E-state index contributed by atoms with van der Waals surface area (Å²) in [6.45, 7) is 4.03. The van der Waals surface area contributed by atoms with Gasteiger partial charge in [-0.3, -0.25) is 9.59 Å².